The average molecular weight is 258 g/mol. The van der Waals surface area contributed by atoms with E-state index in [9.17, 15) is 0 Å². The van der Waals surface area contributed by atoms with E-state index in [-0.39, 0.29) is 0 Å². The van der Waals surface area contributed by atoms with Crippen LogP contribution in [0.15, 0.2) is 28.7 Å². The van der Waals surface area contributed by atoms with Crippen molar-refractivity contribution in [3.8, 4) is 0 Å². The highest BCUT2D eigenvalue weighted by molar-refractivity contribution is 9.10. The summed E-state index contributed by atoms with van der Waals surface area (Å²) in [6, 6.07) is 9.03. The predicted molar refractivity (Wildman–Crippen MR) is 63.5 cm³/mol. The minimum Gasteiger partial charge on any atom is -0.381 e. The highest BCUT2D eigenvalue weighted by atomic mass is 79.9. The van der Waals surface area contributed by atoms with Crippen LogP contribution in [-0.4, -0.2) is 17.5 Å². The lowest BCUT2D eigenvalue weighted by Gasteiger charge is -2.12. The van der Waals surface area contributed by atoms with Crippen LogP contribution in [0.2, 0.25) is 0 Å². The van der Waals surface area contributed by atoms with Crippen molar-refractivity contribution in [2.24, 2.45) is 0 Å². The summed E-state index contributed by atoms with van der Waals surface area (Å²) in [5, 5.41) is 3.53. The molecule has 1 unspecified atom stereocenters. The molecule has 70 valence electrons. The Hall–Kier alpha value is -0.150. The maximum Gasteiger partial charge on any atom is 0.0359 e. The summed E-state index contributed by atoms with van der Waals surface area (Å²) in [5.74, 6) is 2.54. The largest absolute Gasteiger partial charge is 0.381 e. The molecule has 13 heavy (non-hydrogen) atoms. The molecule has 1 nitrogen and oxygen atoms in total. The highest BCUT2D eigenvalue weighted by Gasteiger charge is 2.14. The molecule has 3 heteroatoms. The van der Waals surface area contributed by atoms with Crippen LogP contribution in [0.25, 0.3) is 0 Å². The van der Waals surface area contributed by atoms with Crippen LogP contribution in [0.4, 0.5) is 5.69 Å². The number of rotatable bonds is 2. The van der Waals surface area contributed by atoms with Crippen molar-refractivity contribution in [1.82, 2.24) is 0 Å². The molecule has 1 atom stereocenters. The summed E-state index contributed by atoms with van der Waals surface area (Å²) >= 11 is 5.50. The van der Waals surface area contributed by atoms with Gasteiger partial charge in [-0.2, -0.15) is 11.8 Å². The number of thioether (sulfide) groups is 1. The molecule has 1 heterocycles. The molecule has 1 aromatic carbocycles. The highest BCUT2D eigenvalue weighted by Crippen LogP contribution is 2.22. The van der Waals surface area contributed by atoms with Gasteiger partial charge in [0.25, 0.3) is 0 Å². The number of benzene rings is 1. The van der Waals surface area contributed by atoms with E-state index in [1.54, 1.807) is 0 Å². The predicted octanol–water partition coefficient (Wildman–Crippen LogP) is 3.37. The summed E-state index contributed by atoms with van der Waals surface area (Å²) in [5.41, 5.74) is 1.22. The molecule has 0 aromatic heterocycles. The van der Waals surface area contributed by atoms with Gasteiger partial charge < -0.3 is 5.32 Å². The van der Waals surface area contributed by atoms with Gasteiger partial charge in [0.15, 0.2) is 0 Å². The van der Waals surface area contributed by atoms with E-state index in [0.717, 1.165) is 4.47 Å². The molecule has 0 spiro atoms. The monoisotopic (exact) mass is 257 g/mol. The molecule has 2 rings (SSSR count). The minimum absolute atomic E-state index is 0.666. The van der Waals surface area contributed by atoms with E-state index >= 15 is 0 Å². The lowest BCUT2D eigenvalue weighted by molar-refractivity contribution is 0.813. The third-order valence-electron chi connectivity index (χ3n) is 2.13. The topological polar surface area (TPSA) is 12.0 Å². The zero-order valence-electron chi connectivity index (χ0n) is 7.29. The van der Waals surface area contributed by atoms with Gasteiger partial charge in [0, 0.05) is 22.0 Å². The Morgan fingerprint density at radius 3 is 3.08 bits per heavy atom. The van der Waals surface area contributed by atoms with Gasteiger partial charge in [0.1, 0.15) is 0 Å². The molecular weight excluding hydrogens is 246 g/mol. The van der Waals surface area contributed by atoms with Crippen molar-refractivity contribution < 1.29 is 0 Å². The first-order valence-corrected chi connectivity index (χ1v) is 6.39. The van der Waals surface area contributed by atoms with Crippen molar-refractivity contribution in [3.63, 3.8) is 0 Å². The van der Waals surface area contributed by atoms with E-state index in [1.807, 2.05) is 11.8 Å². The Balaban J connectivity index is 2.00. The number of anilines is 1. The molecule has 0 aliphatic carbocycles. The summed E-state index contributed by atoms with van der Waals surface area (Å²) in [4.78, 5) is 0. The van der Waals surface area contributed by atoms with E-state index in [4.69, 9.17) is 0 Å². The van der Waals surface area contributed by atoms with Gasteiger partial charge in [-0.3, -0.25) is 0 Å². The van der Waals surface area contributed by atoms with E-state index in [2.05, 4.69) is 45.5 Å². The van der Waals surface area contributed by atoms with Crippen LogP contribution in [0.3, 0.4) is 0 Å². The van der Waals surface area contributed by atoms with Gasteiger partial charge in [-0.15, -0.1) is 0 Å². The van der Waals surface area contributed by atoms with Crippen LogP contribution in [0, 0.1) is 0 Å². The maximum absolute atomic E-state index is 3.53. The van der Waals surface area contributed by atoms with Crippen LogP contribution < -0.4 is 5.32 Å². The molecule has 1 aromatic rings. The third kappa shape index (κ3) is 2.64. The Morgan fingerprint density at radius 2 is 2.38 bits per heavy atom. The van der Waals surface area contributed by atoms with E-state index in [0.29, 0.717) is 6.04 Å². The van der Waals surface area contributed by atoms with Gasteiger partial charge in [0.2, 0.25) is 0 Å². The third-order valence-corrected chi connectivity index (χ3v) is 3.78. The molecule has 0 bridgehead atoms. The van der Waals surface area contributed by atoms with Crippen molar-refractivity contribution in [3.05, 3.63) is 28.7 Å². The second-order valence-electron chi connectivity index (χ2n) is 3.22. The standard InChI is InChI=1S/C10H12BrNS/c11-8-2-1-3-9(6-8)12-10-4-5-13-7-10/h1-3,6,10,12H,4-5,7H2. The lowest BCUT2D eigenvalue weighted by Crippen LogP contribution is -2.17. The first kappa shape index (κ1) is 9.41. The zero-order valence-corrected chi connectivity index (χ0v) is 9.70. The number of halogens is 1. The molecule has 1 N–H and O–H groups in total. The van der Waals surface area contributed by atoms with Gasteiger partial charge >= 0.3 is 0 Å². The van der Waals surface area contributed by atoms with Gasteiger partial charge in [-0.1, -0.05) is 22.0 Å². The van der Waals surface area contributed by atoms with Crippen LogP contribution in [0.1, 0.15) is 6.42 Å². The Kier molecular flexibility index (Phi) is 3.17. The van der Waals surface area contributed by atoms with Crippen molar-refractivity contribution in [2.45, 2.75) is 12.5 Å². The first-order chi connectivity index (χ1) is 6.34. The van der Waals surface area contributed by atoms with Crippen molar-refractivity contribution in [2.75, 3.05) is 16.8 Å². The number of hydrogen-bond acceptors (Lipinski definition) is 2. The van der Waals surface area contributed by atoms with Gasteiger partial charge in [-0.25, -0.2) is 0 Å². The normalized spacial score (nSPS) is 21.8. The van der Waals surface area contributed by atoms with Crippen LogP contribution >= 0.6 is 27.7 Å². The van der Waals surface area contributed by atoms with Crippen LogP contribution in [0.5, 0.6) is 0 Å². The SMILES string of the molecule is Brc1cccc(NC2CCSC2)c1. The average Bonchev–Trinajstić information content (AvgIpc) is 2.57. The Labute approximate surface area is 91.4 Å². The summed E-state index contributed by atoms with van der Waals surface area (Å²) in [6.07, 6.45) is 1.29. The van der Waals surface area contributed by atoms with Crippen molar-refractivity contribution >= 4 is 33.4 Å². The summed E-state index contributed by atoms with van der Waals surface area (Å²) in [7, 11) is 0. The summed E-state index contributed by atoms with van der Waals surface area (Å²) in [6.45, 7) is 0. The maximum atomic E-state index is 3.53. The fourth-order valence-corrected chi connectivity index (χ4v) is 3.01. The molecule has 1 aliphatic heterocycles. The van der Waals surface area contributed by atoms with Crippen LogP contribution in [-0.2, 0) is 0 Å². The Morgan fingerprint density at radius 1 is 1.46 bits per heavy atom. The molecule has 1 fully saturated rings. The molecule has 0 saturated carbocycles. The molecule has 0 radical (unpaired) electrons. The fraction of sp³-hybridized carbons (Fsp3) is 0.400. The number of hydrogen-bond donors (Lipinski definition) is 1. The van der Waals surface area contributed by atoms with Gasteiger partial charge in [0.05, 0.1) is 0 Å². The fourth-order valence-electron chi connectivity index (χ4n) is 1.46. The molecule has 1 aliphatic rings. The summed E-state index contributed by atoms with van der Waals surface area (Å²) < 4.78 is 1.14. The molecule has 1 saturated heterocycles. The minimum atomic E-state index is 0.666. The van der Waals surface area contributed by atoms with Crippen molar-refractivity contribution in [1.29, 1.82) is 0 Å². The second-order valence-corrected chi connectivity index (χ2v) is 5.28. The zero-order chi connectivity index (χ0) is 9.10. The van der Waals surface area contributed by atoms with E-state index < -0.39 is 0 Å². The number of nitrogens with one attached hydrogen (secondary N) is 1. The quantitative estimate of drug-likeness (QED) is 0.872. The first-order valence-electron chi connectivity index (χ1n) is 4.44. The van der Waals surface area contributed by atoms with Gasteiger partial charge in [-0.05, 0) is 30.4 Å². The second kappa shape index (κ2) is 4.38. The van der Waals surface area contributed by atoms with E-state index in [1.165, 1.54) is 23.6 Å². The molecular formula is C10H12BrNS. The lowest BCUT2D eigenvalue weighted by atomic mass is 10.2. The smallest absolute Gasteiger partial charge is 0.0359 e. The Bertz CT molecular complexity index is 284. The molecule has 0 amide bonds.